The van der Waals surface area contributed by atoms with Crippen LogP contribution >= 0.6 is 0 Å². The molecule has 1 aliphatic rings. The highest BCUT2D eigenvalue weighted by molar-refractivity contribution is 6.09. The molecule has 0 unspecified atom stereocenters. The maximum Gasteiger partial charge on any atom is 0.142 e. The van der Waals surface area contributed by atoms with Gasteiger partial charge in [0.1, 0.15) is 17.2 Å². The van der Waals surface area contributed by atoms with Gasteiger partial charge in [-0.1, -0.05) is 6.92 Å². The molecule has 0 aliphatic carbocycles. The number of nitrogen functional groups attached to an aromatic ring is 1. The van der Waals surface area contributed by atoms with Gasteiger partial charge < -0.3 is 25.1 Å². The van der Waals surface area contributed by atoms with E-state index < -0.39 is 0 Å². The molecule has 1 saturated heterocycles. The summed E-state index contributed by atoms with van der Waals surface area (Å²) in [6.45, 7) is 6.98. The van der Waals surface area contributed by atoms with E-state index in [0.29, 0.717) is 12.4 Å². The summed E-state index contributed by atoms with van der Waals surface area (Å²) >= 11 is 0. The van der Waals surface area contributed by atoms with Crippen molar-refractivity contribution in [3.63, 3.8) is 0 Å². The fourth-order valence-corrected chi connectivity index (χ4v) is 3.76. The first-order valence-corrected chi connectivity index (χ1v) is 9.44. The first kappa shape index (κ1) is 18.0. The Morgan fingerprint density at radius 3 is 2.89 bits per heavy atom. The number of nitrogens with two attached hydrogens (primary N) is 1. The van der Waals surface area contributed by atoms with E-state index in [1.807, 2.05) is 12.1 Å². The van der Waals surface area contributed by atoms with Gasteiger partial charge in [0.15, 0.2) is 0 Å². The van der Waals surface area contributed by atoms with Crippen molar-refractivity contribution in [3.8, 4) is 5.75 Å². The summed E-state index contributed by atoms with van der Waals surface area (Å²) in [5, 5.41) is 1.97. The molecule has 27 heavy (non-hydrogen) atoms. The molecule has 0 saturated carbocycles. The lowest BCUT2D eigenvalue weighted by atomic mass is 9.81. The predicted octanol–water partition coefficient (Wildman–Crippen LogP) is 2.82. The van der Waals surface area contributed by atoms with Gasteiger partial charge in [0, 0.05) is 30.7 Å². The van der Waals surface area contributed by atoms with E-state index in [2.05, 4.69) is 26.8 Å². The molecule has 0 atom stereocenters. The van der Waals surface area contributed by atoms with Gasteiger partial charge in [0.2, 0.25) is 0 Å². The Morgan fingerprint density at radius 1 is 1.30 bits per heavy atom. The van der Waals surface area contributed by atoms with Crippen molar-refractivity contribution < 1.29 is 9.47 Å². The largest absolute Gasteiger partial charge is 0.492 e. The highest BCUT2D eigenvalue weighted by Crippen LogP contribution is 2.35. The molecule has 3 N–H and O–H groups in total. The van der Waals surface area contributed by atoms with Crippen LogP contribution in [0.5, 0.6) is 5.75 Å². The number of hydrogen-bond acceptors (Lipinski definition) is 6. The lowest BCUT2D eigenvalue weighted by Crippen LogP contribution is -2.42. The minimum absolute atomic E-state index is 0.172. The van der Waals surface area contributed by atoms with Crippen molar-refractivity contribution in [1.82, 2.24) is 19.9 Å². The van der Waals surface area contributed by atoms with Gasteiger partial charge >= 0.3 is 0 Å². The topological polar surface area (TPSA) is 89.3 Å². The molecular formula is C20H27N5O2. The average molecular weight is 369 g/mol. The van der Waals surface area contributed by atoms with Crippen molar-refractivity contribution in [3.05, 3.63) is 24.5 Å². The van der Waals surface area contributed by atoms with Crippen molar-refractivity contribution >= 4 is 27.8 Å². The fourth-order valence-electron chi connectivity index (χ4n) is 3.76. The monoisotopic (exact) mass is 369 g/mol. The summed E-state index contributed by atoms with van der Waals surface area (Å²) in [4.78, 5) is 14.3. The SMILES string of the molecule is COCCN1CCC(C)(COc2ccnc3[nH]c4cnc(N)cc4c23)CC1. The molecule has 0 radical (unpaired) electrons. The molecule has 7 nitrogen and oxygen atoms in total. The second kappa shape index (κ2) is 7.32. The van der Waals surface area contributed by atoms with E-state index in [1.54, 1.807) is 19.5 Å². The number of aromatic amines is 1. The highest BCUT2D eigenvalue weighted by Gasteiger charge is 2.31. The number of H-pyrrole nitrogens is 1. The lowest BCUT2D eigenvalue weighted by Gasteiger charge is -2.39. The molecule has 0 aromatic carbocycles. The van der Waals surface area contributed by atoms with Crippen LogP contribution in [0.2, 0.25) is 0 Å². The van der Waals surface area contributed by atoms with Gasteiger partial charge in [0.25, 0.3) is 0 Å². The third-order valence-corrected chi connectivity index (χ3v) is 5.61. The number of nitrogens with zero attached hydrogens (tertiary/aromatic N) is 3. The number of methoxy groups -OCH3 is 1. The molecule has 1 fully saturated rings. The van der Waals surface area contributed by atoms with Crippen molar-refractivity contribution in [1.29, 1.82) is 0 Å². The van der Waals surface area contributed by atoms with Gasteiger partial charge in [-0.15, -0.1) is 0 Å². The Hall–Kier alpha value is -2.38. The number of likely N-dealkylation sites (tertiary alicyclic amines) is 1. The van der Waals surface area contributed by atoms with E-state index in [9.17, 15) is 0 Å². The van der Waals surface area contributed by atoms with Crippen LogP contribution in [0.25, 0.3) is 21.9 Å². The van der Waals surface area contributed by atoms with E-state index in [4.69, 9.17) is 15.2 Å². The molecule has 4 rings (SSSR count). The second-order valence-corrected chi connectivity index (χ2v) is 7.75. The van der Waals surface area contributed by atoms with Crippen LogP contribution < -0.4 is 10.5 Å². The number of nitrogens with one attached hydrogen (secondary N) is 1. The molecule has 3 aromatic rings. The minimum Gasteiger partial charge on any atom is -0.492 e. The highest BCUT2D eigenvalue weighted by atomic mass is 16.5. The number of fused-ring (bicyclic) bond motifs is 3. The standard InChI is InChI=1S/C20H27N5O2/c1-20(4-7-25(8-5-20)9-10-26-2)13-27-16-3-6-22-19-18(16)14-11-17(21)23-12-15(14)24-19/h3,6,11-12H,4-5,7-10,13H2,1-2H3,(H2,21,23)(H,22,24). The first-order chi connectivity index (χ1) is 13.1. The Morgan fingerprint density at radius 2 is 2.11 bits per heavy atom. The van der Waals surface area contributed by atoms with E-state index >= 15 is 0 Å². The average Bonchev–Trinajstić information content (AvgIpc) is 3.04. The molecule has 0 bridgehead atoms. The summed E-state index contributed by atoms with van der Waals surface area (Å²) < 4.78 is 11.5. The van der Waals surface area contributed by atoms with Crippen LogP contribution in [-0.2, 0) is 4.74 Å². The zero-order chi connectivity index (χ0) is 18.9. The van der Waals surface area contributed by atoms with Gasteiger partial charge in [-0.25, -0.2) is 9.97 Å². The van der Waals surface area contributed by atoms with Crippen LogP contribution in [0.3, 0.4) is 0 Å². The van der Waals surface area contributed by atoms with Crippen LogP contribution in [0.15, 0.2) is 24.5 Å². The summed E-state index contributed by atoms with van der Waals surface area (Å²) in [5.41, 5.74) is 7.77. The lowest BCUT2D eigenvalue weighted by molar-refractivity contribution is 0.0554. The normalized spacial score (nSPS) is 17.6. The van der Waals surface area contributed by atoms with Crippen LogP contribution in [0.1, 0.15) is 19.8 Å². The second-order valence-electron chi connectivity index (χ2n) is 7.75. The maximum absolute atomic E-state index is 6.32. The quantitative estimate of drug-likeness (QED) is 0.694. The molecule has 0 amide bonds. The minimum atomic E-state index is 0.172. The van der Waals surface area contributed by atoms with Gasteiger partial charge in [0.05, 0.1) is 30.3 Å². The van der Waals surface area contributed by atoms with Crippen LogP contribution in [0.4, 0.5) is 5.82 Å². The number of piperidine rings is 1. The van der Waals surface area contributed by atoms with Crippen molar-refractivity contribution in [2.75, 3.05) is 45.7 Å². The Labute approximate surface area is 158 Å². The number of anilines is 1. The summed E-state index contributed by atoms with van der Waals surface area (Å²) in [6, 6.07) is 3.81. The number of ether oxygens (including phenoxy) is 2. The van der Waals surface area contributed by atoms with Gasteiger partial charge in [-0.3, -0.25) is 0 Å². The van der Waals surface area contributed by atoms with E-state index in [0.717, 1.165) is 66.8 Å². The molecule has 7 heteroatoms. The molecule has 0 spiro atoms. The summed E-state index contributed by atoms with van der Waals surface area (Å²) in [6.07, 6.45) is 5.76. The molecule has 1 aliphatic heterocycles. The number of pyridine rings is 2. The predicted molar refractivity (Wildman–Crippen MR) is 107 cm³/mol. The first-order valence-electron chi connectivity index (χ1n) is 9.44. The number of rotatable bonds is 6. The van der Waals surface area contributed by atoms with Crippen LogP contribution in [0, 0.1) is 5.41 Å². The molecular weight excluding hydrogens is 342 g/mol. The zero-order valence-corrected chi connectivity index (χ0v) is 16.0. The van der Waals surface area contributed by atoms with Crippen LogP contribution in [-0.4, -0.2) is 59.8 Å². The summed E-state index contributed by atoms with van der Waals surface area (Å²) in [7, 11) is 1.76. The fraction of sp³-hybridized carbons (Fsp3) is 0.500. The summed E-state index contributed by atoms with van der Waals surface area (Å²) in [5.74, 6) is 1.34. The van der Waals surface area contributed by atoms with E-state index in [1.165, 1.54) is 0 Å². The number of aromatic nitrogens is 3. The Bertz CT molecular complexity index is 931. The van der Waals surface area contributed by atoms with E-state index in [-0.39, 0.29) is 5.41 Å². The van der Waals surface area contributed by atoms with Crippen molar-refractivity contribution in [2.45, 2.75) is 19.8 Å². The number of hydrogen-bond donors (Lipinski definition) is 2. The Balaban J connectivity index is 1.51. The maximum atomic E-state index is 6.32. The van der Waals surface area contributed by atoms with Crippen molar-refractivity contribution in [2.24, 2.45) is 5.41 Å². The zero-order valence-electron chi connectivity index (χ0n) is 16.0. The smallest absolute Gasteiger partial charge is 0.142 e. The molecule has 3 aromatic heterocycles. The van der Waals surface area contributed by atoms with Gasteiger partial charge in [-0.2, -0.15) is 0 Å². The molecule has 4 heterocycles. The Kier molecular flexibility index (Phi) is 4.88. The third-order valence-electron chi connectivity index (χ3n) is 5.61. The molecule has 144 valence electrons. The third kappa shape index (κ3) is 3.70. The van der Waals surface area contributed by atoms with Gasteiger partial charge in [-0.05, 0) is 38.1 Å².